The van der Waals surface area contributed by atoms with Crippen LogP contribution in [0.3, 0.4) is 0 Å². The predicted molar refractivity (Wildman–Crippen MR) is 118 cm³/mol. The molecular weight excluding hydrogens is 392 g/mol. The van der Waals surface area contributed by atoms with Crippen LogP contribution in [0.4, 0.5) is 0 Å². The number of ether oxygens (including phenoxy) is 1. The number of amides is 2. The predicted octanol–water partition coefficient (Wildman–Crippen LogP) is 3.25. The molecule has 1 atom stereocenters. The minimum Gasteiger partial charge on any atom is -0.497 e. The van der Waals surface area contributed by atoms with Crippen LogP contribution in [0.5, 0.6) is 5.75 Å². The van der Waals surface area contributed by atoms with Crippen LogP contribution >= 0.6 is 0 Å². The van der Waals surface area contributed by atoms with E-state index in [9.17, 15) is 9.59 Å². The van der Waals surface area contributed by atoms with Gasteiger partial charge < -0.3 is 15.0 Å². The third-order valence-electron chi connectivity index (χ3n) is 6.47. The molecule has 31 heavy (non-hydrogen) atoms. The number of benzene rings is 1. The van der Waals surface area contributed by atoms with Gasteiger partial charge in [0.1, 0.15) is 5.75 Å². The van der Waals surface area contributed by atoms with Crippen LogP contribution in [0, 0.1) is 5.92 Å². The van der Waals surface area contributed by atoms with Crippen molar-refractivity contribution in [1.29, 1.82) is 0 Å². The zero-order chi connectivity index (χ0) is 21.6. The van der Waals surface area contributed by atoms with Crippen molar-refractivity contribution in [2.75, 3.05) is 20.2 Å². The van der Waals surface area contributed by atoms with E-state index in [1.807, 2.05) is 29.2 Å². The van der Waals surface area contributed by atoms with Gasteiger partial charge in [-0.15, -0.1) is 0 Å². The molecule has 7 nitrogen and oxygen atoms in total. The fourth-order valence-corrected chi connectivity index (χ4v) is 4.70. The Labute approximate surface area is 183 Å². The van der Waals surface area contributed by atoms with Crippen molar-refractivity contribution in [2.24, 2.45) is 5.92 Å². The van der Waals surface area contributed by atoms with Gasteiger partial charge in [0.25, 0.3) is 5.91 Å². The van der Waals surface area contributed by atoms with Crippen molar-refractivity contribution in [2.45, 2.75) is 57.9 Å². The quantitative estimate of drug-likeness (QED) is 0.714. The molecule has 1 fully saturated rings. The second-order valence-electron chi connectivity index (χ2n) is 8.66. The first-order valence-corrected chi connectivity index (χ1v) is 11.4. The van der Waals surface area contributed by atoms with E-state index in [-0.39, 0.29) is 11.8 Å². The minimum absolute atomic E-state index is 0.0478. The largest absolute Gasteiger partial charge is 0.497 e. The van der Waals surface area contributed by atoms with E-state index in [0.29, 0.717) is 31.1 Å². The lowest BCUT2D eigenvalue weighted by Gasteiger charge is -2.32. The molecule has 1 aromatic carbocycles. The fourth-order valence-electron chi connectivity index (χ4n) is 4.70. The summed E-state index contributed by atoms with van der Waals surface area (Å²) in [6.07, 6.45) is 7.54. The second-order valence-corrected chi connectivity index (χ2v) is 8.66. The number of carbonyl (C=O) groups is 2. The Balaban J connectivity index is 1.25. The van der Waals surface area contributed by atoms with Gasteiger partial charge in [-0.1, -0.05) is 12.1 Å². The molecule has 1 aliphatic heterocycles. The number of likely N-dealkylation sites (tertiary alicyclic amines) is 1. The van der Waals surface area contributed by atoms with E-state index in [1.54, 1.807) is 7.11 Å². The molecule has 0 radical (unpaired) electrons. The van der Waals surface area contributed by atoms with Crippen molar-refractivity contribution in [3.05, 3.63) is 46.8 Å². The molecule has 0 spiro atoms. The Morgan fingerprint density at radius 2 is 2.13 bits per heavy atom. The lowest BCUT2D eigenvalue weighted by molar-refractivity contribution is -0.121. The topological polar surface area (TPSA) is 87.3 Å². The number of aromatic nitrogens is 2. The maximum absolute atomic E-state index is 13.1. The zero-order valence-electron chi connectivity index (χ0n) is 18.3. The van der Waals surface area contributed by atoms with Crippen LogP contribution in [-0.2, 0) is 24.2 Å². The van der Waals surface area contributed by atoms with Gasteiger partial charge in [0.15, 0.2) is 5.69 Å². The number of carbonyl (C=O) groups excluding carboxylic acids is 2. The summed E-state index contributed by atoms with van der Waals surface area (Å²) in [7, 11) is 1.64. The molecule has 166 valence electrons. The first-order chi connectivity index (χ1) is 15.1. The Morgan fingerprint density at radius 1 is 1.26 bits per heavy atom. The van der Waals surface area contributed by atoms with Gasteiger partial charge in [-0.25, -0.2) is 0 Å². The van der Waals surface area contributed by atoms with Crippen molar-refractivity contribution in [3.63, 3.8) is 0 Å². The van der Waals surface area contributed by atoms with Crippen molar-refractivity contribution in [3.8, 4) is 5.75 Å². The van der Waals surface area contributed by atoms with Gasteiger partial charge in [-0.3, -0.25) is 14.7 Å². The molecule has 0 saturated carbocycles. The monoisotopic (exact) mass is 424 g/mol. The van der Waals surface area contributed by atoms with Gasteiger partial charge >= 0.3 is 0 Å². The third kappa shape index (κ3) is 5.27. The molecule has 2 heterocycles. The van der Waals surface area contributed by atoms with Crippen LogP contribution < -0.4 is 10.1 Å². The molecule has 1 aliphatic carbocycles. The summed E-state index contributed by atoms with van der Waals surface area (Å²) in [4.78, 5) is 27.4. The van der Waals surface area contributed by atoms with E-state index >= 15 is 0 Å². The molecule has 0 bridgehead atoms. The minimum atomic E-state index is 0.0478. The SMILES string of the molecule is COc1cccc(CNC(=O)CC[C@@H]2CCCN(C(=O)c3n[nH]c4c3CCCC4)C2)c1. The van der Waals surface area contributed by atoms with E-state index in [2.05, 4.69) is 15.5 Å². The number of nitrogens with zero attached hydrogens (tertiary/aromatic N) is 2. The van der Waals surface area contributed by atoms with Crippen LogP contribution in [0.2, 0.25) is 0 Å². The second kappa shape index (κ2) is 9.98. The number of hydrogen-bond donors (Lipinski definition) is 2. The summed E-state index contributed by atoms with van der Waals surface area (Å²) in [6.45, 7) is 1.98. The highest BCUT2D eigenvalue weighted by Gasteiger charge is 2.29. The molecule has 2 aromatic rings. The summed E-state index contributed by atoms with van der Waals surface area (Å²) in [5.41, 5.74) is 3.89. The zero-order valence-corrected chi connectivity index (χ0v) is 18.3. The lowest BCUT2D eigenvalue weighted by Crippen LogP contribution is -2.40. The van der Waals surface area contributed by atoms with E-state index < -0.39 is 0 Å². The maximum atomic E-state index is 13.1. The number of aryl methyl sites for hydroxylation is 1. The van der Waals surface area contributed by atoms with E-state index in [4.69, 9.17) is 4.74 Å². The molecular formula is C24H32N4O3. The number of methoxy groups -OCH3 is 1. The number of piperidine rings is 1. The highest BCUT2D eigenvalue weighted by Crippen LogP contribution is 2.26. The van der Waals surface area contributed by atoms with Gasteiger partial charge in [0.05, 0.1) is 7.11 Å². The Bertz CT molecular complexity index is 923. The molecule has 2 aliphatic rings. The maximum Gasteiger partial charge on any atom is 0.274 e. The summed E-state index contributed by atoms with van der Waals surface area (Å²) in [5.74, 6) is 1.24. The van der Waals surface area contributed by atoms with Crippen LogP contribution in [-0.4, -0.2) is 47.1 Å². The van der Waals surface area contributed by atoms with Crippen LogP contribution in [0.25, 0.3) is 0 Å². The molecule has 7 heteroatoms. The molecule has 1 saturated heterocycles. The first kappa shape index (κ1) is 21.4. The molecule has 2 amide bonds. The molecule has 4 rings (SSSR count). The molecule has 0 unspecified atom stereocenters. The van der Waals surface area contributed by atoms with Crippen molar-refractivity contribution < 1.29 is 14.3 Å². The van der Waals surface area contributed by atoms with Gasteiger partial charge in [0, 0.05) is 37.3 Å². The summed E-state index contributed by atoms with van der Waals surface area (Å²) < 4.78 is 5.22. The third-order valence-corrected chi connectivity index (χ3v) is 6.47. The number of nitrogens with one attached hydrogen (secondary N) is 2. The average molecular weight is 425 g/mol. The van der Waals surface area contributed by atoms with Crippen LogP contribution in [0.1, 0.15) is 65.8 Å². The number of aromatic amines is 1. The van der Waals surface area contributed by atoms with Gasteiger partial charge in [0.2, 0.25) is 5.91 Å². The van der Waals surface area contributed by atoms with E-state index in [1.165, 1.54) is 0 Å². The number of rotatable bonds is 7. The van der Waals surface area contributed by atoms with Crippen molar-refractivity contribution >= 4 is 11.8 Å². The summed E-state index contributed by atoms with van der Waals surface area (Å²) in [6, 6.07) is 7.71. The number of hydrogen-bond acceptors (Lipinski definition) is 4. The standard InChI is InChI=1S/C24H32N4O3/c1-31-19-8-4-6-18(14-19)15-25-22(29)12-11-17-7-5-13-28(16-17)24(30)23-20-9-2-3-10-21(20)26-27-23/h4,6,8,14,17H,2-3,5,7,9-13,15-16H2,1H3,(H,25,29)(H,26,27)/t17-/m0/s1. The fraction of sp³-hybridized carbons (Fsp3) is 0.542. The summed E-state index contributed by atoms with van der Waals surface area (Å²) >= 11 is 0. The Morgan fingerprint density at radius 3 is 3.00 bits per heavy atom. The first-order valence-electron chi connectivity index (χ1n) is 11.4. The molecule has 2 N–H and O–H groups in total. The summed E-state index contributed by atoms with van der Waals surface area (Å²) in [5, 5.41) is 10.4. The van der Waals surface area contributed by atoms with Gasteiger partial charge in [-0.2, -0.15) is 5.10 Å². The van der Waals surface area contributed by atoms with Crippen molar-refractivity contribution in [1.82, 2.24) is 20.4 Å². The number of fused-ring (bicyclic) bond motifs is 1. The smallest absolute Gasteiger partial charge is 0.274 e. The molecule has 1 aromatic heterocycles. The van der Waals surface area contributed by atoms with Gasteiger partial charge in [-0.05, 0) is 68.6 Å². The van der Waals surface area contributed by atoms with Crippen LogP contribution in [0.15, 0.2) is 24.3 Å². The normalized spacial score (nSPS) is 18.4. The highest BCUT2D eigenvalue weighted by molar-refractivity contribution is 5.94. The Hall–Kier alpha value is -2.83. The average Bonchev–Trinajstić information content (AvgIpc) is 3.25. The van der Waals surface area contributed by atoms with E-state index in [0.717, 1.165) is 74.1 Å². The Kier molecular flexibility index (Phi) is 6.89. The highest BCUT2D eigenvalue weighted by atomic mass is 16.5. The lowest BCUT2D eigenvalue weighted by atomic mass is 9.92. The number of H-pyrrole nitrogens is 1.